The quantitative estimate of drug-likeness (QED) is 0.289. The zero-order chi connectivity index (χ0) is 16.7. The molecule has 127 valence electrons. The predicted molar refractivity (Wildman–Crippen MR) is 101 cm³/mol. The third-order valence-corrected chi connectivity index (χ3v) is 3.77. The Kier molecular flexibility index (Phi) is 24.0. The molecule has 0 saturated heterocycles. The minimum absolute atomic E-state index is 0. The molecule has 1 nitrogen and oxygen atoms in total. The van der Waals surface area contributed by atoms with E-state index >= 15 is 0 Å². The molecule has 1 aliphatic carbocycles. The van der Waals surface area contributed by atoms with Crippen molar-refractivity contribution in [1.82, 2.24) is 0 Å². The summed E-state index contributed by atoms with van der Waals surface area (Å²) in [5.74, 6) is 0.560. The molecule has 1 unspecified atom stereocenters. The third-order valence-electron chi connectivity index (χ3n) is 3.77. The van der Waals surface area contributed by atoms with Crippen molar-refractivity contribution in [2.24, 2.45) is 5.92 Å². The second-order valence-corrected chi connectivity index (χ2v) is 7.05. The first-order valence-electron chi connectivity index (χ1n) is 8.62. The van der Waals surface area contributed by atoms with Gasteiger partial charge in [0.2, 0.25) is 0 Å². The Morgan fingerprint density at radius 1 is 1.00 bits per heavy atom. The van der Waals surface area contributed by atoms with Gasteiger partial charge in [-0.15, -0.1) is 6.92 Å². The minimum atomic E-state index is 0. The van der Waals surface area contributed by atoms with Crippen LogP contribution < -0.4 is 0 Å². The molecule has 0 aromatic heterocycles. The fourth-order valence-corrected chi connectivity index (χ4v) is 2.07. The first-order chi connectivity index (χ1) is 9.95. The summed E-state index contributed by atoms with van der Waals surface area (Å²) in [7, 11) is 0.750. The summed E-state index contributed by atoms with van der Waals surface area (Å²) in [6, 6.07) is 0. The molecule has 0 spiro atoms. The fourth-order valence-electron chi connectivity index (χ4n) is 2.07. The fraction of sp³-hybridized carbons (Fsp3) is 0.789. The number of hydrogen-bond donors (Lipinski definition) is 0. The van der Waals surface area contributed by atoms with Crippen molar-refractivity contribution >= 4 is 9.52 Å². The Morgan fingerprint density at radius 3 is 1.73 bits per heavy atom. The first-order valence-corrected chi connectivity index (χ1v) is 10.9. The van der Waals surface area contributed by atoms with Crippen LogP contribution in [-0.2, 0) is 21.7 Å². The van der Waals surface area contributed by atoms with Crippen molar-refractivity contribution in [2.75, 3.05) is 6.54 Å². The predicted octanol–water partition coefficient (Wildman–Crippen LogP) is 6.64. The van der Waals surface area contributed by atoms with Crippen LogP contribution in [0.2, 0.25) is 13.1 Å². The van der Waals surface area contributed by atoms with Gasteiger partial charge in [0.15, 0.2) is 0 Å². The summed E-state index contributed by atoms with van der Waals surface area (Å²) in [5.41, 5.74) is 11.1. The van der Waals surface area contributed by atoms with E-state index in [4.69, 9.17) is 5.73 Å². The molecular formula is C19H38NSiTi. The molecular weight excluding hydrogens is 318 g/mol. The average Bonchev–Trinajstić information content (AvgIpc) is 2.67. The van der Waals surface area contributed by atoms with Crippen molar-refractivity contribution in [2.45, 2.75) is 86.2 Å². The minimum Gasteiger partial charge on any atom is -0.677 e. The summed E-state index contributed by atoms with van der Waals surface area (Å²) < 4.78 is 0. The van der Waals surface area contributed by atoms with Gasteiger partial charge in [0.25, 0.3) is 0 Å². The topological polar surface area (TPSA) is 23.8 Å². The molecule has 0 bridgehead atoms. The maximum atomic E-state index is 6.88. The van der Waals surface area contributed by atoms with Crippen molar-refractivity contribution in [3.63, 3.8) is 0 Å². The van der Waals surface area contributed by atoms with Crippen molar-refractivity contribution < 1.29 is 21.7 Å². The second-order valence-electron chi connectivity index (χ2n) is 5.89. The first kappa shape index (κ1) is 27.2. The molecule has 0 amide bonds. The maximum absolute atomic E-state index is 6.88. The van der Waals surface area contributed by atoms with Gasteiger partial charge in [-0.2, -0.15) is 17.7 Å². The molecule has 0 aromatic rings. The number of nitrogens with one attached hydrogen (secondary N) is 1. The summed E-state index contributed by atoms with van der Waals surface area (Å²) in [4.78, 5) is 0. The Labute approximate surface area is 158 Å². The zero-order valence-corrected chi connectivity index (χ0v) is 18.8. The molecule has 0 saturated carbocycles. The van der Waals surface area contributed by atoms with E-state index in [1.54, 1.807) is 0 Å². The van der Waals surface area contributed by atoms with Crippen LogP contribution in [-0.4, -0.2) is 16.1 Å². The van der Waals surface area contributed by atoms with Gasteiger partial charge in [-0.3, -0.25) is 6.08 Å². The van der Waals surface area contributed by atoms with E-state index in [1.807, 2.05) is 0 Å². The number of unbranched alkanes of at least 4 members (excludes halogenated alkanes) is 5. The van der Waals surface area contributed by atoms with Gasteiger partial charge in [0, 0.05) is 9.52 Å². The number of rotatable bonds is 6. The SMILES string of the molecule is CC1=[C-]C(C)C(C)=C1C.CCCCCCCC[NH-].C[SiH]C.[Ti+2]. The van der Waals surface area contributed by atoms with Crippen molar-refractivity contribution in [3.05, 3.63) is 28.5 Å². The Hall–Kier alpha value is 0.371. The molecule has 1 N–H and O–H groups in total. The van der Waals surface area contributed by atoms with Crippen LogP contribution >= 0.6 is 0 Å². The van der Waals surface area contributed by atoms with Crippen LogP contribution in [0.1, 0.15) is 73.1 Å². The molecule has 0 aromatic carbocycles. The van der Waals surface area contributed by atoms with E-state index in [0.29, 0.717) is 12.5 Å². The smallest absolute Gasteiger partial charge is 0.677 e. The van der Waals surface area contributed by atoms with E-state index in [0.717, 1.165) is 15.9 Å². The van der Waals surface area contributed by atoms with Gasteiger partial charge in [-0.25, -0.2) is 5.57 Å². The van der Waals surface area contributed by atoms with Gasteiger partial charge < -0.3 is 5.73 Å². The van der Waals surface area contributed by atoms with Crippen LogP contribution in [0.15, 0.2) is 16.7 Å². The van der Waals surface area contributed by atoms with Crippen LogP contribution in [0, 0.1) is 12.0 Å². The monoisotopic (exact) mass is 356 g/mol. The van der Waals surface area contributed by atoms with Crippen LogP contribution in [0.5, 0.6) is 0 Å². The Bertz CT molecular complexity index is 292. The standard InChI is InChI=1S/C9H13.C8H18N.C2H7Si.Ti/c1-6-5-7(2)9(4)8(6)3;1-2-3-4-5-6-7-8-9;1-3-2;/h6H,1-4H3;9H,2-8H2,1H3;3H,1-2H3;/q2*-1;;+2. The van der Waals surface area contributed by atoms with Gasteiger partial charge in [-0.1, -0.05) is 85.2 Å². The molecule has 22 heavy (non-hydrogen) atoms. The molecule has 1 radical (unpaired) electrons. The van der Waals surface area contributed by atoms with E-state index in [2.05, 4.69) is 53.8 Å². The molecule has 0 heterocycles. The summed E-state index contributed by atoms with van der Waals surface area (Å²) in [5, 5.41) is 0. The van der Waals surface area contributed by atoms with Crippen LogP contribution in [0.4, 0.5) is 0 Å². The van der Waals surface area contributed by atoms with Crippen LogP contribution in [0.25, 0.3) is 5.73 Å². The molecule has 1 rings (SSSR count). The Morgan fingerprint density at radius 2 is 1.45 bits per heavy atom. The van der Waals surface area contributed by atoms with Gasteiger partial charge in [0.1, 0.15) is 0 Å². The zero-order valence-electron chi connectivity index (χ0n) is 16.1. The molecule has 0 aliphatic heterocycles. The number of allylic oxidation sites excluding steroid dienone is 4. The van der Waals surface area contributed by atoms with E-state index in [-0.39, 0.29) is 21.7 Å². The van der Waals surface area contributed by atoms with Gasteiger partial charge in [0.05, 0.1) is 0 Å². The van der Waals surface area contributed by atoms with Crippen molar-refractivity contribution in [3.8, 4) is 0 Å². The summed E-state index contributed by atoms with van der Waals surface area (Å²) in [6.45, 7) is 15.9. The Balaban J connectivity index is -0.000000268. The normalized spacial score (nSPS) is 16.0. The molecule has 3 heteroatoms. The molecule has 1 aliphatic rings. The number of hydrogen-bond acceptors (Lipinski definition) is 0. The van der Waals surface area contributed by atoms with Gasteiger partial charge >= 0.3 is 21.7 Å². The second kappa shape index (κ2) is 19.4. The van der Waals surface area contributed by atoms with Gasteiger partial charge in [-0.05, 0) is 0 Å². The van der Waals surface area contributed by atoms with E-state index in [1.165, 1.54) is 48.8 Å². The third kappa shape index (κ3) is 15.3. The van der Waals surface area contributed by atoms with Crippen molar-refractivity contribution in [1.29, 1.82) is 0 Å². The summed E-state index contributed by atoms with van der Waals surface area (Å²) >= 11 is 0. The largest absolute Gasteiger partial charge is 2.00 e. The molecule has 1 atom stereocenters. The van der Waals surface area contributed by atoms with E-state index < -0.39 is 0 Å². The average molecular weight is 356 g/mol. The molecule has 0 fully saturated rings. The van der Waals surface area contributed by atoms with Crippen LogP contribution in [0.3, 0.4) is 0 Å². The summed E-state index contributed by atoms with van der Waals surface area (Å²) in [6.07, 6.45) is 11.1. The maximum Gasteiger partial charge on any atom is 2.00 e. The van der Waals surface area contributed by atoms with E-state index in [9.17, 15) is 0 Å².